The Morgan fingerprint density at radius 2 is 1.76 bits per heavy atom. The van der Waals surface area contributed by atoms with E-state index in [4.69, 9.17) is 0 Å². The fraction of sp³-hybridized carbons (Fsp3) is 0.211. The third-order valence-electron chi connectivity index (χ3n) is 4.70. The van der Waals surface area contributed by atoms with Crippen LogP contribution in [0, 0.1) is 5.82 Å². The highest BCUT2D eigenvalue weighted by Crippen LogP contribution is 2.33. The minimum Gasteiger partial charge on any atom is -0.327 e. The molecule has 0 bridgehead atoms. The van der Waals surface area contributed by atoms with E-state index in [1.54, 1.807) is 24.3 Å². The number of hydrogen-bond donors (Lipinski definition) is 0. The van der Waals surface area contributed by atoms with E-state index in [1.165, 1.54) is 29.2 Å². The average molecular weight is 338 g/mol. The molecule has 2 aromatic carbocycles. The third-order valence-corrected chi connectivity index (χ3v) is 4.70. The van der Waals surface area contributed by atoms with Crippen LogP contribution in [0.1, 0.15) is 33.6 Å². The summed E-state index contributed by atoms with van der Waals surface area (Å²) in [7, 11) is 0. The first-order valence-electron chi connectivity index (χ1n) is 8.12. The fourth-order valence-electron chi connectivity index (χ4n) is 3.50. The molecule has 0 spiro atoms. The van der Waals surface area contributed by atoms with E-state index >= 15 is 0 Å². The number of halogens is 1. The maximum absolute atomic E-state index is 14.1. The van der Waals surface area contributed by atoms with E-state index in [2.05, 4.69) is 0 Å². The Morgan fingerprint density at radius 3 is 2.56 bits per heavy atom. The Labute approximate surface area is 143 Å². The largest absolute Gasteiger partial charge is 0.327 e. The van der Waals surface area contributed by atoms with Crippen molar-refractivity contribution in [2.45, 2.75) is 18.9 Å². The number of anilines is 1. The molecule has 6 heteroatoms. The Balaban J connectivity index is 1.89. The summed E-state index contributed by atoms with van der Waals surface area (Å²) in [6.45, 7) is 0.477. The molecule has 25 heavy (non-hydrogen) atoms. The Hall–Kier alpha value is -3.02. The second kappa shape index (κ2) is 5.81. The lowest BCUT2D eigenvalue weighted by molar-refractivity contribution is -0.121. The Bertz CT molecular complexity index is 896. The summed E-state index contributed by atoms with van der Waals surface area (Å²) < 4.78 is 14.1. The molecule has 2 heterocycles. The zero-order chi connectivity index (χ0) is 17.6. The van der Waals surface area contributed by atoms with E-state index in [0.29, 0.717) is 19.4 Å². The van der Waals surface area contributed by atoms with Crippen molar-refractivity contribution in [1.29, 1.82) is 0 Å². The van der Waals surface area contributed by atoms with Crippen LogP contribution in [0.15, 0.2) is 48.5 Å². The molecule has 2 aliphatic rings. The smallest absolute Gasteiger partial charge is 0.268 e. The van der Waals surface area contributed by atoms with Gasteiger partial charge >= 0.3 is 0 Å². The number of imide groups is 1. The molecule has 5 nitrogen and oxygen atoms in total. The molecule has 0 saturated carbocycles. The van der Waals surface area contributed by atoms with E-state index in [-0.39, 0.29) is 22.7 Å². The number of hydrogen-bond acceptors (Lipinski definition) is 3. The van der Waals surface area contributed by atoms with Gasteiger partial charge in [0.2, 0.25) is 0 Å². The molecule has 0 unspecified atom stereocenters. The number of nitrogens with zero attached hydrogens (tertiary/aromatic N) is 2. The average Bonchev–Trinajstić information content (AvgIpc) is 3.09. The minimum absolute atomic E-state index is 0.190. The highest BCUT2D eigenvalue weighted by Gasteiger charge is 2.44. The summed E-state index contributed by atoms with van der Waals surface area (Å²) in [5.41, 5.74) is 0.301. The quantitative estimate of drug-likeness (QED) is 0.751. The topological polar surface area (TPSA) is 57.7 Å². The molecule has 2 aliphatic heterocycles. The number of fused-ring (bicyclic) bond motifs is 2. The van der Waals surface area contributed by atoms with Gasteiger partial charge in [-0.1, -0.05) is 24.3 Å². The predicted octanol–water partition coefficient (Wildman–Crippen LogP) is 2.62. The van der Waals surface area contributed by atoms with Crippen LogP contribution in [0.25, 0.3) is 0 Å². The molecule has 0 aliphatic carbocycles. The molecule has 2 aromatic rings. The van der Waals surface area contributed by atoms with E-state index in [9.17, 15) is 18.8 Å². The van der Waals surface area contributed by atoms with Crippen LogP contribution >= 0.6 is 0 Å². The van der Waals surface area contributed by atoms with E-state index in [1.807, 2.05) is 0 Å². The van der Waals surface area contributed by atoms with Gasteiger partial charge in [-0.3, -0.25) is 14.4 Å². The molecule has 3 amide bonds. The lowest BCUT2D eigenvalue weighted by Crippen LogP contribution is -2.47. The summed E-state index contributed by atoms with van der Waals surface area (Å²) in [5.74, 6) is -2.20. The van der Waals surface area contributed by atoms with Crippen molar-refractivity contribution in [3.63, 3.8) is 0 Å². The number of para-hydroxylation sites is 1. The molecule has 1 atom stereocenters. The zero-order valence-corrected chi connectivity index (χ0v) is 13.3. The van der Waals surface area contributed by atoms with Gasteiger partial charge in [0.25, 0.3) is 17.7 Å². The van der Waals surface area contributed by atoms with E-state index in [0.717, 1.165) is 4.90 Å². The second-order valence-electron chi connectivity index (χ2n) is 6.13. The predicted molar refractivity (Wildman–Crippen MR) is 88.7 cm³/mol. The number of carbonyl (C=O) groups is 3. The maximum atomic E-state index is 14.1. The first-order chi connectivity index (χ1) is 12.1. The van der Waals surface area contributed by atoms with Gasteiger partial charge in [0, 0.05) is 6.54 Å². The summed E-state index contributed by atoms with van der Waals surface area (Å²) in [6, 6.07) is 11.3. The first kappa shape index (κ1) is 15.5. The van der Waals surface area contributed by atoms with Crippen molar-refractivity contribution in [3.05, 3.63) is 65.5 Å². The fourth-order valence-corrected chi connectivity index (χ4v) is 3.50. The van der Waals surface area contributed by atoms with Crippen LogP contribution in [0.3, 0.4) is 0 Å². The monoisotopic (exact) mass is 338 g/mol. The van der Waals surface area contributed by atoms with Crippen molar-refractivity contribution < 1.29 is 18.8 Å². The molecular weight excluding hydrogens is 323 g/mol. The number of benzene rings is 2. The summed E-state index contributed by atoms with van der Waals surface area (Å²) in [6.07, 6.45) is 1.20. The highest BCUT2D eigenvalue weighted by atomic mass is 19.1. The van der Waals surface area contributed by atoms with Crippen LogP contribution in [0.2, 0.25) is 0 Å². The third kappa shape index (κ3) is 2.33. The van der Waals surface area contributed by atoms with Crippen molar-refractivity contribution in [1.82, 2.24) is 4.90 Å². The standard InChI is InChI=1S/C19H15FN2O3/c20-14-8-3-1-6-12(14)18(24)22-15-9-4-2-7-13(15)17(23)21-11-5-10-16(21)19(22)25/h1-4,6-9,16H,5,10-11H2/t16-/m1/s1. The van der Waals surface area contributed by atoms with Crippen molar-refractivity contribution in [2.75, 3.05) is 11.4 Å². The Morgan fingerprint density at radius 1 is 1.04 bits per heavy atom. The molecule has 1 fully saturated rings. The highest BCUT2D eigenvalue weighted by molar-refractivity contribution is 6.26. The van der Waals surface area contributed by atoms with E-state index < -0.39 is 23.7 Å². The van der Waals surface area contributed by atoms with Crippen LogP contribution in [-0.2, 0) is 4.79 Å². The van der Waals surface area contributed by atoms with Crippen molar-refractivity contribution >= 4 is 23.4 Å². The summed E-state index contributed by atoms with van der Waals surface area (Å²) in [4.78, 5) is 41.3. The maximum Gasteiger partial charge on any atom is 0.268 e. The van der Waals surface area contributed by atoms with Crippen molar-refractivity contribution in [2.24, 2.45) is 0 Å². The zero-order valence-electron chi connectivity index (χ0n) is 13.3. The molecule has 1 saturated heterocycles. The van der Waals surface area contributed by atoms with Crippen LogP contribution < -0.4 is 4.90 Å². The van der Waals surface area contributed by atoms with Crippen molar-refractivity contribution in [3.8, 4) is 0 Å². The SMILES string of the molecule is O=C(c1ccccc1F)N1C(=O)[C@H]2CCCN2C(=O)c2ccccc21. The lowest BCUT2D eigenvalue weighted by Gasteiger charge is -2.24. The normalized spacial score (nSPS) is 19.5. The van der Waals surface area contributed by atoms with Gasteiger partial charge in [0.1, 0.15) is 11.9 Å². The number of rotatable bonds is 1. The van der Waals surface area contributed by atoms with Crippen LogP contribution in [-0.4, -0.2) is 35.2 Å². The summed E-state index contributed by atoms with van der Waals surface area (Å²) >= 11 is 0. The number of carbonyl (C=O) groups excluding carboxylic acids is 3. The van der Waals surface area contributed by atoms with Gasteiger partial charge in [-0.15, -0.1) is 0 Å². The first-order valence-corrected chi connectivity index (χ1v) is 8.12. The molecule has 126 valence electrons. The molecule has 0 N–H and O–H groups in total. The molecule has 0 radical (unpaired) electrons. The van der Waals surface area contributed by atoms with Gasteiger partial charge in [-0.2, -0.15) is 0 Å². The molecule has 4 rings (SSSR count). The van der Waals surface area contributed by atoms with Gasteiger partial charge in [0.15, 0.2) is 0 Å². The second-order valence-corrected chi connectivity index (χ2v) is 6.13. The molecule has 0 aromatic heterocycles. The lowest BCUT2D eigenvalue weighted by atomic mass is 10.1. The van der Waals surface area contributed by atoms with Crippen LogP contribution in [0.4, 0.5) is 10.1 Å². The minimum atomic E-state index is -0.753. The number of amides is 3. The Kier molecular flexibility index (Phi) is 3.60. The summed E-state index contributed by atoms with van der Waals surface area (Å²) in [5, 5.41) is 0. The van der Waals surface area contributed by atoms with Gasteiger partial charge in [-0.25, -0.2) is 9.29 Å². The van der Waals surface area contributed by atoms with Gasteiger partial charge in [-0.05, 0) is 37.1 Å². The van der Waals surface area contributed by atoms with Crippen LogP contribution in [0.5, 0.6) is 0 Å². The van der Waals surface area contributed by atoms with Gasteiger partial charge < -0.3 is 4.90 Å². The van der Waals surface area contributed by atoms with Gasteiger partial charge in [0.05, 0.1) is 16.8 Å². The molecular formula is C19H15FN2O3.